The van der Waals surface area contributed by atoms with Gasteiger partial charge in [0.05, 0.1) is 28.5 Å². The lowest BCUT2D eigenvalue weighted by molar-refractivity contribution is 0.0850. The normalized spacial score (nSPS) is 21.0. The van der Waals surface area contributed by atoms with Crippen LogP contribution in [0.5, 0.6) is 11.6 Å². The number of piperidine rings is 3. The standard InChI is InChI=1S/C50H63ClN12O4/c1-2-36-32-57-63-45(26-46(59-48(36)63)62-19-4-3-5-40(62)18-24-64)53-28-35-6-13-47(54-29-35)67-42-16-20-60(21-17-42)33-34-14-22-61(23-15-34)50-55-30-38(31-56-50)49(65)58-39-8-11-41(12-9-39)66-43-10-7-37(27-52)44(51)25-43/h6-7,10,13,25-26,29-32,34,39-42,53,64H,2-5,8-9,11-12,14-24,28,33H2,1H3,(H,58,65)/t39?,40-,41?/m0/s1. The Morgan fingerprint density at radius 3 is 2.39 bits per heavy atom. The van der Waals surface area contributed by atoms with Gasteiger partial charge < -0.3 is 39.9 Å². The first-order valence-corrected chi connectivity index (χ1v) is 24.8. The maximum atomic E-state index is 13.1. The molecule has 7 heterocycles. The van der Waals surface area contributed by atoms with E-state index in [1.165, 1.54) is 6.42 Å². The van der Waals surface area contributed by atoms with Gasteiger partial charge in [-0.25, -0.2) is 19.9 Å². The van der Waals surface area contributed by atoms with Crippen LogP contribution in [0.2, 0.25) is 5.02 Å². The van der Waals surface area contributed by atoms with Crippen molar-refractivity contribution in [3.8, 4) is 17.7 Å². The van der Waals surface area contributed by atoms with Crippen LogP contribution >= 0.6 is 11.6 Å². The third-order valence-corrected chi connectivity index (χ3v) is 14.4. The molecule has 4 fully saturated rings. The van der Waals surface area contributed by atoms with E-state index in [2.05, 4.69) is 65.5 Å². The van der Waals surface area contributed by atoms with Gasteiger partial charge in [-0.05, 0) is 107 Å². The number of benzene rings is 1. The highest BCUT2D eigenvalue weighted by Crippen LogP contribution is 2.31. The fourth-order valence-electron chi connectivity index (χ4n) is 10.2. The summed E-state index contributed by atoms with van der Waals surface area (Å²) in [6.45, 7) is 8.74. The van der Waals surface area contributed by atoms with Crippen LogP contribution < -0.4 is 29.9 Å². The second-order valence-electron chi connectivity index (χ2n) is 18.6. The molecule has 67 heavy (non-hydrogen) atoms. The molecular formula is C50H63ClN12O4. The molecule has 3 aliphatic heterocycles. The Morgan fingerprint density at radius 1 is 0.881 bits per heavy atom. The van der Waals surface area contributed by atoms with Gasteiger partial charge in [0, 0.05) is 107 Å². The molecule has 9 rings (SSSR count). The summed E-state index contributed by atoms with van der Waals surface area (Å²) in [6.07, 6.45) is 19.6. The SMILES string of the molecule is CCc1cnn2c(NCc3ccc(OC4CCN(CC5CCN(c6ncc(C(=O)NC7CCC(Oc8ccc(C#N)c(Cl)c8)CC7)cn6)CC5)CC4)nc3)cc(N3CCCC[C@H]3CCO)nc12. The minimum absolute atomic E-state index is 0.0382. The number of aliphatic hydroxyl groups excluding tert-OH is 1. The number of anilines is 3. The molecule has 5 aromatic rings. The van der Waals surface area contributed by atoms with E-state index in [0.29, 0.717) is 46.2 Å². The molecule has 354 valence electrons. The molecule has 0 radical (unpaired) electrons. The second-order valence-corrected chi connectivity index (χ2v) is 19.0. The lowest BCUT2D eigenvalue weighted by atomic mass is 9.92. The summed E-state index contributed by atoms with van der Waals surface area (Å²) in [4.78, 5) is 39.2. The van der Waals surface area contributed by atoms with Crippen molar-refractivity contribution in [2.24, 2.45) is 5.92 Å². The van der Waals surface area contributed by atoms with Gasteiger partial charge in [-0.3, -0.25) is 4.79 Å². The van der Waals surface area contributed by atoms with E-state index in [0.717, 1.165) is 145 Å². The average molecular weight is 932 g/mol. The zero-order valence-electron chi connectivity index (χ0n) is 38.5. The lowest BCUT2D eigenvalue weighted by Crippen LogP contribution is -2.43. The fraction of sp³-hybridized carbons (Fsp3) is 0.540. The number of nitriles is 1. The van der Waals surface area contributed by atoms with Crippen LogP contribution in [0.3, 0.4) is 0 Å². The van der Waals surface area contributed by atoms with Gasteiger partial charge in [0.1, 0.15) is 29.6 Å². The first-order valence-electron chi connectivity index (χ1n) is 24.4. The van der Waals surface area contributed by atoms with Gasteiger partial charge in [-0.1, -0.05) is 24.6 Å². The smallest absolute Gasteiger partial charge is 0.254 e. The van der Waals surface area contributed by atoms with Crippen molar-refractivity contribution in [1.29, 1.82) is 5.26 Å². The van der Waals surface area contributed by atoms with Crippen LogP contribution in [0.25, 0.3) is 5.65 Å². The fourth-order valence-corrected chi connectivity index (χ4v) is 10.4. The Hall–Kier alpha value is -5.76. The number of hydrogen-bond acceptors (Lipinski definition) is 14. The Morgan fingerprint density at radius 2 is 1.67 bits per heavy atom. The molecule has 4 aromatic heterocycles. The molecule has 0 bridgehead atoms. The van der Waals surface area contributed by atoms with Crippen molar-refractivity contribution in [3.05, 3.63) is 88.5 Å². The molecule has 1 aromatic carbocycles. The van der Waals surface area contributed by atoms with E-state index < -0.39 is 0 Å². The van der Waals surface area contributed by atoms with Crippen LogP contribution in [0.4, 0.5) is 17.6 Å². The van der Waals surface area contributed by atoms with Gasteiger partial charge in [-0.15, -0.1) is 0 Å². The van der Waals surface area contributed by atoms with Crippen LogP contribution in [0, 0.1) is 17.2 Å². The van der Waals surface area contributed by atoms with Crippen LogP contribution in [-0.2, 0) is 13.0 Å². The number of hydrogen-bond donors (Lipinski definition) is 3. The Balaban J connectivity index is 0.677. The molecule has 0 spiro atoms. The number of carbonyl (C=O) groups is 1. The zero-order chi connectivity index (χ0) is 46.1. The molecule has 16 nitrogen and oxygen atoms in total. The number of nitrogens with zero attached hydrogens (tertiary/aromatic N) is 10. The molecule has 1 aliphatic carbocycles. The quantitative estimate of drug-likeness (QED) is 0.0901. The summed E-state index contributed by atoms with van der Waals surface area (Å²) in [5.41, 5.74) is 3.94. The topological polar surface area (TPSA) is 182 Å². The molecule has 17 heteroatoms. The summed E-state index contributed by atoms with van der Waals surface area (Å²) in [5.74, 6) is 4.29. The summed E-state index contributed by atoms with van der Waals surface area (Å²) in [6, 6.07) is 13.7. The van der Waals surface area contributed by atoms with Crippen molar-refractivity contribution >= 4 is 40.7 Å². The van der Waals surface area contributed by atoms with Crippen molar-refractivity contribution < 1.29 is 19.4 Å². The van der Waals surface area contributed by atoms with E-state index in [-0.39, 0.29) is 36.8 Å². The third-order valence-electron chi connectivity index (χ3n) is 14.1. The Bertz CT molecular complexity index is 2460. The molecule has 1 atom stereocenters. The number of halogens is 1. The molecule has 1 saturated carbocycles. The first kappa shape index (κ1) is 46.4. The van der Waals surface area contributed by atoms with Crippen LogP contribution in [0.1, 0.15) is 111 Å². The number of pyridine rings is 1. The number of aryl methyl sites for hydroxylation is 1. The number of likely N-dealkylation sites (tertiary alicyclic amines) is 1. The number of ether oxygens (including phenoxy) is 2. The highest BCUT2D eigenvalue weighted by molar-refractivity contribution is 6.31. The van der Waals surface area contributed by atoms with Crippen molar-refractivity contribution in [1.82, 2.24) is 39.8 Å². The Labute approximate surface area is 398 Å². The molecule has 1 amide bonds. The summed E-state index contributed by atoms with van der Waals surface area (Å²) >= 11 is 6.17. The van der Waals surface area contributed by atoms with Gasteiger partial charge in [0.15, 0.2) is 5.65 Å². The van der Waals surface area contributed by atoms with Crippen molar-refractivity contribution in [3.63, 3.8) is 0 Å². The van der Waals surface area contributed by atoms with Crippen LogP contribution in [0.15, 0.2) is 61.2 Å². The molecule has 4 aliphatic rings. The molecule has 3 N–H and O–H groups in total. The van der Waals surface area contributed by atoms with E-state index in [1.54, 1.807) is 30.6 Å². The monoisotopic (exact) mass is 930 g/mol. The summed E-state index contributed by atoms with van der Waals surface area (Å²) in [7, 11) is 0. The predicted molar refractivity (Wildman–Crippen MR) is 258 cm³/mol. The number of aromatic nitrogens is 6. The minimum atomic E-state index is -0.152. The number of rotatable bonds is 16. The zero-order valence-corrected chi connectivity index (χ0v) is 39.3. The summed E-state index contributed by atoms with van der Waals surface area (Å²) < 4.78 is 14.4. The average Bonchev–Trinajstić information content (AvgIpc) is 3.79. The van der Waals surface area contributed by atoms with Crippen molar-refractivity contribution in [2.45, 2.75) is 121 Å². The Kier molecular flexibility index (Phi) is 15.2. The number of nitrogens with one attached hydrogen (secondary N) is 2. The largest absolute Gasteiger partial charge is 0.490 e. The maximum absolute atomic E-state index is 13.1. The summed E-state index contributed by atoms with van der Waals surface area (Å²) in [5, 5.41) is 30.7. The molecule has 0 unspecified atom stereocenters. The number of carbonyl (C=O) groups excluding carboxylic acids is 1. The first-order chi connectivity index (χ1) is 32.8. The van der Waals surface area contributed by atoms with Gasteiger partial charge in [-0.2, -0.15) is 14.9 Å². The minimum Gasteiger partial charge on any atom is -0.490 e. The van der Waals surface area contributed by atoms with Gasteiger partial charge >= 0.3 is 0 Å². The second kappa shape index (κ2) is 21.9. The van der Waals surface area contributed by atoms with Crippen molar-refractivity contribution in [2.75, 3.05) is 61.0 Å². The lowest BCUT2D eigenvalue weighted by Gasteiger charge is -2.37. The number of amides is 1. The highest BCUT2D eigenvalue weighted by Gasteiger charge is 2.29. The van der Waals surface area contributed by atoms with E-state index in [1.807, 2.05) is 23.0 Å². The number of aliphatic hydroxyl groups is 1. The molecule has 3 saturated heterocycles. The van der Waals surface area contributed by atoms with Crippen LogP contribution in [-0.4, -0.2) is 116 Å². The van der Waals surface area contributed by atoms with Gasteiger partial charge in [0.2, 0.25) is 11.8 Å². The van der Waals surface area contributed by atoms with Gasteiger partial charge in [0.25, 0.3) is 5.91 Å². The van der Waals surface area contributed by atoms with E-state index in [9.17, 15) is 9.90 Å². The predicted octanol–water partition coefficient (Wildman–Crippen LogP) is 7.23. The maximum Gasteiger partial charge on any atom is 0.254 e. The molecular weight excluding hydrogens is 868 g/mol. The third kappa shape index (κ3) is 11.5. The van der Waals surface area contributed by atoms with E-state index >= 15 is 0 Å². The number of fused-ring (bicyclic) bond motifs is 1. The van der Waals surface area contributed by atoms with E-state index in [4.69, 9.17) is 36.3 Å². The highest BCUT2D eigenvalue weighted by atomic mass is 35.5.